The van der Waals surface area contributed by atoms with Crippen LogP contribution in [-0.2, 0) is 6.42 Å². The van der Waals surface area contributed by atoms with Gasteiger partial charge < -0.3 is 0 Å². The molecule has 0 saturated carbocycles. The van der Waals surface area contributed by atoms with Crippen LogP contribution in [0.15, 0.2) is 39.8 Å². The molecule has 4 heteroatoms. The van der Waals surface area contributed by atoms with Gasteiger partial charge in [-0.3, -0.25) is 9.78 Å². The third-order valence-corrected chi connectivity index (χ3v) is 3.48. The molecule has 2 rings (SSSR count). The Hall–Kier alpha value is -1.00. The summed E-state index contributed by atoms with van der Waals surface area (Å²) in [5.41, 5.74) is 1.71. The number of ketones is 1. The molecule has 0 aliphatic heterocycles. The SMILES string of the molecule is O=C(Cc1cccnc1)c1csc(Br)c1. The van der Waals surface area contributed by atoms with Crippen LogP contribution in [0.3, 0.4) is 0 Å². The van der Waals surface area contributed by atoms with Crippen molar-refractivity contribution >= 4 is 33.0 Å². The average Bonchev–Trinajstić information content (AvgIpc) is 2.66. The topological polar surface area (TPSA) is 30.0 Å². The number of carbonyl (C=O) groups excluding carboxylic acids is 1. The smallest absolute Gasteiger partial charge is 0.168 e. The standard InChI is InChI=1S/C11H8BrNOS/c12-11-5-9(7-15-11)10(14)4-8-2-1-3-13-6-8/h1-3,5-7H,4H2. The highest BCUT2D eigenvalue weighted by molar-refractivity contribution is 9.11. The van der Waals surface area contributed by atoms with E-state index in [0.29, 0.717) is 6.42 Å². The summed E-state index contributed by atoms with van der Waals surface area (Å²) >= 11 is 4.86. The molecule has 0 N–H and O–H groups in total. The van der Waals surface area contributed by atoms with Crippen LogP contribution in [0.25, 0.3) is 0 Å². The number of pyridine rings is 1. The number of carbonyl (C=O) groups is 1. The van der Waals surface area contributed by atoms with E-state index in [1.165, 1.54) is 11.3 Å². The molecule has 0 saturated heterocycles. The molecule has 0 bridgehead atoms. The maximum absolute atomic E-state index is 11.8. The van der Waals surface area contributed by atoms with E-state index in [1.54, 1.807) is 12.4 Å². The first-order chi connectivity index (χ1) is 7.25. The third-order valence-electron chi connectivity index (χ3n) is 1.98. The van der Waals surface area contributed by atoms with Gasteiger partial charge in [0.05, 0.1) is 3.79 Å². The van der Waals surface area contributed by atoms with E-state index >= 15 is 0 Å². The molecule has 0 aliphatic rings. The molecule has 15 heavy (non-hydrogen) atoms. The van der Waals surface area contributed by atoms with Crippen LogP contribution in [0.1, 0.15) is 15.9 Å². The molecule has 76 valence electrons. The van der Waals surface area contributed by atoms with Crippen LogP contribution in [0.5, 0.6) is 0 Å². The fourth-order valence-corrected chi connectivity index (χ4v) is 2.41. The molecule has 0 radical (unpaired) electrons. The van der Waals surface area contributed by atoms with Gasteiger partial charge in [-0.2, -0.15) is 0 Å². The second-order valence-corrected chi connectivity index (χ2v) is 5.39. The number of aromatic nitrogens is 1. The fraction of sp³-hybridized carbons (Fsp3) is 0.0909. The maximum atomic E-state index is 11.8. The number of nitrogens with zero attached hydrogens (tertiary/aromatic N) is 1. The van der Waals surface area contributed by atoms with Crippen LogP contribution in [0.4, 0.5) is 0 Å². The number of Topliss-reactive ketones (excluding diaryl/α,β-unsaturated/α-hetero) is 1. The zero-order valence-corrected chi connectivity index (χ0v) is 10.2. The lowest BCUT2D eigenvalue weighted by Crippen LogP contribution is -2.01. The summed E-state index contributed by atoms with van der Waals surface area (Å²) in [6, 6.07) is 5.60. The first-order valence-electron chi connectivity index (χ1n) is 4.42. The van der Waals surface area contributed by atoms with Gasteiger partial charge in [0.2, 0.25) is 0 Å². The molecule has 0 aromatic carbocycles. The molecular weight excluding hydrogens is 274 g/mol. The Morgan fingerprint density at radius 2 is 2.40 bits per heavy atom. The molecule has 2 nitrogen and oxygen atoms in total. The number of rotatable bonds is 3. The van der Waals surface area contributed by atoms with E-state index in [4.69, 9.17) is 0 Å². The highest BCUT2D eigenvalue weighted by atomic mass is 79.9. The van der Waals surface area contributed by atoms with Crippen molar-refractivity contribution in [1.29, 1.82) is 0 Å². The van der Waals surface area contributed by atoms with Gasteiger partial charge in [-0.05, 0) is 33.6 Å². The normalized spacial score (nSPS) is 10.2. The molecule has 2 aromatic rings. The Bertz CT molecular complexity index is 466. The van der Waals surface area contributed by atoms with Crippen molar-refractivity contribution in [2.45, 2.75) is 6.42 Å². The summed E-state index contributed by atoms with van der Waals surface area (Å²) in [5, 5.41) is 1.86. The Labute approximate surface area is 100 Å². The van der Waals surface area contributed by atoms with E-state index < -0.39 is 0 Å². The predicted molar refractivity (Wildman–Crippen MR) is 64.3 cm³/mol. The monoisotopic (exact) mass is 281 g/mol. The molecule has 2 aromatic heterocycles. The number of halogens is 1. The van der Waals surface area contributed by atoms with Crippen molar-refractivity contribution in [1.82, 2.24) is 4.98 Å². The van der Waals surface area contributed by atoms with Gasteiger partial charge in [0.25, 0.3) is 0 Å². The van der Waals surface area contributed by atoms with Crippen molar-refractivity contribution < 1.29 is 4.79 Å². The van der Waals surface area contributed by atoms with Crippen LogP contribution in [0.2, 0.25) is 0 Å². The molecule has 0 atom stereocenters. The lowest BCUT2D eigenvalue weighted by molar-refractivity contribution is 0.0993. The molecule has 0 unspecified atom stereocenters. The lowest BCUT2D eigenvalue weighted by atomic mass is 10.1. The van der Waals surface area contributed by atoms with Crippen molar-refractivity contribution in [2.75, 3.05) is 0 Å². The molecule has 2 heterocycles. The molecule has 0 amide bonds. The summed E-state index contributed by atoms with van der Waals surface area (Å²) in [7, 11) is 0. The first-order valence-corrected chi connectivity index (χ1v) is 6.09. The largest absolute Gasteiger partial charge is 0.294 e. The molecule has 0 fully saturated rings. The zero-order valence-electron chi connectivity index (χ0n) is 7.81. The van der Waals surface area contributed by atoms with Crippen molar-refractivity contribution in [3.63, 3.8) is 0 Å². The Morgan fingerprint density at radius 3 is 3.00 bits per heavy atom. The summed E-state index contributed by atoms with van der Waals surface area (Å²) in [4.78, 5) is 15.8. The van der Waals surface area contributed by atoms with Gasteiger partial charge >= 0.3 is 0 Å². The maximum Gasteiger partial charge on any atom is 0.168 e. The summed E-state index contributed by atoms with van der Waals surface area (Å²) in [5.74, 6) is 0.130. The first kappa shape index (κ1) is 10.5. The Kier molecular flexibility index (Phi) is 3.28. The van der Waals surface area contributed by atoms with E-state index in [0.717, 1.165) is 14.9 Å². The fourth-order valence-electron chi connectivity index (χ4n) is 1.25. The van der Waals surface area contributed by atoms with E-state index in [2.05, 4.69) is 20.9 Å². The Morgan fingerprint density at radius 1 is 1.53 bits per heavy atom. The van der Waals surface area contributed by atoms with Gasteiger partial charge in [0, 0.05) is 29.8 Å². The van der Waals surface area contributed by atoms with Crippen LogP contribution >= 0.6 is 27.3 Å². The van der Waals surface area contributed by atoms with Crippen LogP contribution < -0.4 is 0 Å². The van der Waals surface area contributed by atoms with Crippen LogP contribution in [0, 0.1) is 0 Å². The van der Waals surface area contributed by atoms with Crippen molar-refractivity contribution in [3.8, 4) is 0 Å². The van der Waals surface area contributed by atoms with Crippen LogP contribution in [-0.4, -0.2) is 10.8 Å². The van der Waals surface area contributed by atoms with Gasteiger partial charge in [-0.25, -0.2) is 0 Å². The number of thiophene rings is 1. The minimum absolute atomic E-state index is 0.130. The summed E-state index contributed by atoms with van der Waals surface area (Å²) in [6.45, 7) is 0. The minimum Gasteiger partial charge on any atom is -0.294 e. The number of hydrogen-bond donors (Lipinski definition) is 0. The zero-order chi connectivity index (χ0) is 10.7. The third kappa shape index (κ3) is 2.73. The quantitative estimate of drug-likeness (QED) is 0.808. The minimum atomic E-state index is 0.130. The van der Waals surface area contributed by atoms with E-state index in [-0.39, 0.29) is 5.78 Å². The average molecular weight is 282 g/mol. The van der Waals surface area contributed by atoms with Gasteiger partial charge in [0.1, 0.15) is 0 Å². The van der Waals surface area contributed by atoms with Crippen molar-refractivity contribution in [2.24, 2.45) is 0 Å². The highest BCUT2D eigenvalue weighted by Crippen LogP contribution is 2.21. The highest BCUT2D eigenvalue weighted by Gasteiger charge is 2.08. The lowest BCUT2D eigenvalue weighted by Gasteiger charge is -1.97. The second-order valence-electron chi connectivity index (χ2n) is 3.10. The molecular formula is C11H8BrNOS. The van der Waals surface area contributed by atoms with Crippen molar-refractivity contribution in [3.05, 3.63) is 50.9 Å². The van der Waals surface area contributed by atoms with Gasteiger partial charge in [0.15, 0.2) is 5.78 Å². The predicted octanol–water partition coefficient (Wildman–Crippen LogP) is 3.33. The second kappa shape index (κ2) is 4.68. The molecule has 0 spiro atoms. The number of hydrogen-bond acceptors (Lipinski definition) is 3. The van der Waals surface area contributed by atoms with E-state index in [1.807, 2.05) is 23.6 Å². The summed E-state index contributed by atoms with van der Waals surface area (Å²) in [6.07, 6.45) is 3.84. The van der Waals surface area contributed by atoms with E-state index in [9.17, 15) is 4.79 Å². The molecule has 0 aliphatic carbocycles. The summed E-state index contributed by atoms with van der Waals surface area (Å²) < 4.78 is 0.983. The van der Waals surface area contributed by atoms with Gasteiger partial charge in [-0.15, -0.1) is 11.3 Å². The van der Waals surface area contributed by atoms with Gasteiger partial charge in [-0.1, -0.05) is 6.07 Å². The Balaban J connectivity index is 2.11.